The van der Waals surface area contributed by atoms with Crippen LogP contribution in [-0.2, 0) is 0 Å². The number of nitrogen functional groups attached to an aromatic ring is 2. The fraction of sp³-hybridized carbons (Fsp3) is 0.0698. The average molecular weight is 743 g/mol. The monoisotopic (exact) mass is 742 g/mol. The Kier molecular flexibility index (Phi) is 15.5. The van der Waals surface area contributed by atoms with Crippen LogP contribution < -0.4 is 31.6 Å². The van der Waals surface area contributed by atoms with E-state index in [9.17, 15) is 19.2 Å². The highest BCUT2D eigenvalue weighted by molar-refractivity contribution is 6.05. The highest BCUT2D eigenvalue weighted by Crippen LogP contribution is 2.24. The molecule has 6 rings (SSSR count). The molecule has 282 valence electrons. The van der Waals surface area contributed by atoms with Crippen LogP contribution in [0.1, 0.15) is 55.8 Å². The molecule has 0 aliphatic rings. The third kappa shape index (κ3) is 13.5. The van der Waals surface area contributed by atoms with E-state index in [2.05, 4.69) is 10.6 Å². The lowest BCUT2D eigenvalue weighted by Crippen LogP contribution is -2.12. The van der Waals surface area contributed by atoms with Gasteiger partial charge in [-0.3, -0.25) is 9.59 Å². The Balaban J connectivity index is 0.000000247. The van der Waals surface area contributed by atoms with Crippen molar-refractivity contribution in [2.75, 3.05) is 29.1 Å². The Morgan fingerprint density at radius 2 is 0.964 bits per heavy atom. The molecule has 0 aromatic heterocycles. The van der Waals surface area contributed by atoms with Crippen LogP contribution in [0, 0.1) is 0 Å². The van der Waals surface area contributed by atoms with Crippen LogP contribution in [0.5, 0.6) is 23.0 Å². The zero-order valence-corrected chi connectivity index (χ0v) is 29.4. The van der Waals surface area contributed by atoms with Crippen LogP contribution >= 0.6 is 0 Å². The van der Waals surface area contributed by atoms with Gasteiger partial charge in [0.05, 0.1) is 11.1 Å². The second-order valence-corrected chi connectivity index (χ2v) is 11.4. The number of carboxylic acid groups (broad SMARTS) is 2. The van der Waals surface area contributed by atoms with E-state index in [1.807, 2.05) is 31.3 Å². The predicted octanol–water partition coefficient (Wildman–Crippen LogP) is 9.34. The highest BCUT2D eigenvalue weighted by atomic mass is 16.5. The molecule has 12 heteroatoms. The van der Waals surface area contributed by atoms with E-state index in [0.717, 1.165) is 5.69 Å². The zero-order chi connectivity index (χ0) is 39.0. The molecule has 6 aromatic carbocycles. The lowest BCUT2D eigenvalue weighted by atomic mass is 10.1. The summed E-state index contributed by atoms with van der Waals surface area (Å²) < 4.78 is 11.3. The van der Waals surface area contributed by atoms with Crippen LogP contribution in [0.4, 0.5) is 22.7 Å². The van der Waals surface area contributed by atoms with Gasteiger partial charge >= 0.3 is 11.9 Å². The normalized spacial score (nSPS) is 9.71. The fourth-order valence-corrected chi connectivity index (χ4v) is 4.53. The topological polar surface area (TPSA) is 203 Å². The first kappa shape index (κ1) is 41.8. The first-order valence-electron chi connectivity index (χ1n) is 16.3. The van der Waals surface area contributed by atoms with Crippen molar-refractivity contribution in [2.24, 2.45) is 0 Å². The molecule has 0 aliphatic carbocycles. The molecule has 0 saturated carbocycles. The summed E-state index contributed by atoms with van der Waals surface area (Å²) >= 11 is 0. The molecular formula is C43H42N4O8. The maximum Gasteiger partial charge on any atom is 0.335 e. The number of carbonyl (C=O) groups excluding carboxylic acids is 2. The first-order valence-corrected chi connectivity index (χ1v) is 16.3. The number of hydrogen-bond acceptors (Lipinski definition) is 9. The van der Waals surface area contributed by atoms with Crippen molar-refractivity contribution in [3.8, 4) is 23.0 Å². The van der Waals surface area contributed by atoms with Crippen molar-refractivity contribution in [3.63, 3.8) is 0 Å². The molecule has 8 N–H and O–H groups in total. The predicted molar refractivity (Wildman–Crippen MR) is 216 cm³/mol. The van der Waals surface area contributed by atoms with Crippen LogP contribution in [0.15, 0.2) is 146 Å². The first-order chi connectivity index (χ1) is 25.9. The number of ether oxygens (including phenoxy) is 2. The van der Waals surface area contributed by atoms with E-state index in [1.165, 1.54) is 31.2 Å². The van der Waals surface area contributed by atoms with Gasteiger partial charge in [0.1, 0.15) is 23.0 Å². The largest absolute Gasteiger partial charge is 0.478 e. The number of aromatic carboxylic acids is 2. The molecule has 0 spiro atoms. The van der Waals surface area contributed by atoms with Crippen molar-refractivity contribution in [1.29, 1.82) is 0 Å². The SMILES string of the molecule is C.CNc1ccc(Oc2ccc(C(=O)Nc3cccc(C(C)=O)c3)cc2)cc1.Nc1ccc(Oc2ccc(C(=O)O)cc2)cc1.Nc1cccc(C(=O)O)c1. The number of ketones is 1. The van der Waals surface area contributed by atoms with Gasteiger partial charge in [-0.2, -0.15) is 0 Å². The summed E-state index contributed by atoms with van der Waals surface area (Å²) in [5, 5.41) is 23.0. The number of carboxylic acids is 2. The summed E-state index contributed by atoms with van der Waals surface area (Å²) in [6.45, 7) is 1.49. The lowest BCUT2D eigenvalue weighted by Gasteiger charge is -2.09. The smallest absolute Gasteiger partial charge is 0.335 e. The van der Waals surface area contributed by atoms with Gasteiger partial charge in [0, 0.05) is 40.9 Å². The minimum atomic E-state index is -0.955. The molecule has 1 amide bonds. The summed E-state index contributed by atoms with van der Waals surface area (Å²) in [6, 6.07) is 40.7. The summed E-state index contributed by atoms with van der Waals surface area (Å²) in [4.78, 5) is 44.8. The van der Waals surface area contributed by atoms with Gasteiger partial charge in [-0.25, -0.2) is 9.59 Å². The molecule has 0 fully saturated rings. The van der Waals surface area contributed by atoms with E-state index >= 15 is 0 Å². The van der Waals surface area contributed by atoms with Gasteiger partial charge in [-0.1, -0.05) is 25.6 Å². The number of amides is 1. The second kappa shape index (κ2) is 20.4. The molecule has 6 aromatic rings. The van der Waals surface area contributed by atoms with Crippen LogP contribution in [-0.4, -0.2) is 40.9 Å². The molecular weight excluding hydrogens is 700 g/mol. The Morgan fingerprint density at radius 1 is 0.509 bits per heavy atom. The number of nitrogens with two attached hydrogens (primary N) is 2. The number of benzene rings is 6. The number of hydrogen-bond donors (Lipinski definition) is 6. The Hall–Kier alpha value is -7.60. The number of anilines is 4. The summed E-state index contributed by atoms with van der Waals surface area (Å²) in [5.41, 5.74) is 15.1. The molecule has 0 aliphatic heterocycles. The lowest BCUT2D eigenvalue weighted by molar-refractivity contribution is 0.0686. The van der Waals surface area contributed by atoms with Gasteiger partial charge in [0.25, 0.3) is 5.91 Å². The average Bonchev–Trinajstić information content (AvgIpc) is 3.17. The molecule has 0 saturated heterocycles. The van der Waals surface area contributed by atoms with Crippen molar-refractivity contribution >= 4 is 46.4 Å². The number of rotatable bonds is 10. The number of nitrogens with one attached hydrogen (secondary N) is 2. The van der Waals surface area contributed by atoms with E-state index in [4.69, 9.17) is 31.2 Å². The molecule has 0 heterocycles. The molecule has 12 nitrogen and oxygen atoms in total. The summed E-state index contributed by atoms with van der Waals surface area (Å²) in [6.07, 6.45) is 0. The summed E-state index contributed by atoms with van der Waals surface area (Å²) in [7, 11) is 1.86. The second-order valence-electron chi connectivity index (χ2n) is 11.4. The number of Topliss-reactive ketones (excluding diaryl/α,β-unsaturated/α-hetero) is 1. The third-order valence-electron chi connectivity index (χ3n) is 7.37. The quantitative estimate of drug-likeness (QED) is 0.0576. The van der Waals surface area contributed by atoms with Gasteiger partial charge in [-0.05, 0) is 134 Å². The van der Waals surface area contributed by atoms with Gasteiger partial charge in [-0.15, -0.1) is 0 Å². The minimum absolute atomic E-state index is 0. The van der Waals surface area contributed by atoms with Crippen molar-refractivity contribution in [1.82, 2.24) is 0 Å². The van der Waals surface area contributed by atoms with E-state index < -0.39 is 11.9 Å². The molecule has 0 radical (unpaired) electrons. The minimum Gasteiger partial charge on any atom is -0.478 e. The van der Waals surface area contributed by atoms with Crippen LogP contribution in [0.2, 0.25) is 0 Å². The van der Waals surface area contributed by atoms with Crippen molar-refractivity contribution < 1.29 is 38.9 Å². The Morgan fingerprint density at radius 3 is 1.42 bits per heavy atom. The molecule has 0 bridgehead atoms. The standard InChI is InChI=1S/C22H20N2O3.C13H11NO3.C7H7NO2.CH4/c1-15(25)17-4-3-5-19(14-17)24-22(26)16-6-10-20(11-7-16)27-21-12-8-18(23-2)9-13-21;14-10-3-7-12(8-4-10)17-11-5-1-9(2-6-11)13(15)16;8-6-3-1-2-5(4-6)7(9)10;/h3-14,23H,1-2H3,(H,24,26);1-8H,14H2,(H,15,16);1-4H,8H2,(H,9,10);1H4. The fourth-order valence-electron chi connectivity index (χ4n) is 4.53. The van der Waals surface area contributed by atoms with Crippen molar-refractivity contribution in [2.45, 2.75) is 14.4 Å². The maximum atomic E-state index is 12.4. The molecule has 0 unspecified atom stereocenters. The van der Waals surface area contributed by atoms with Crippen LogP contribution in [0.25, 0.3) is 0 Å². The van der Waals surface area contributed by atoms with Crippen LogP contribution in [0.3, 0.4) is 0 Å². The van der Waals surface area contributed by atoms with Gasteiger partial charge < -0.3 is 41.8 Å². The summed E-state index contributed by atoms with van der Waals surface area (Å²) in [5.74, 6) is 0.393. The Labute approximate surface area is 319 Å². The molecule has 55 heavy (non-hydrogen) atoms. The highest BCUT2D eigenvalue weighted by Gasteiger charge is 2.09. The maximum absolute atomic E-state index is 12.4. The van der Waals surface area contributed by atoms with Gasteiger partial charge in [0.15, 0.2) is 5.78 Å². The van der Waals surface area contributed by atoms with E-state index in [-0.39, 0.29) is 30.2 Å². The molecule has 0 atom stereocenters. The van der Waals surface area contributed by atoms with Gasteiger partial charge in [0.2, 0.25) is 0 Å². The number of carbonyl (C=O) groups is 4. The van der Waals surface area contributed by atoms with E-state index in [0.29, 0.717) is 51.2 Å². The third-order valence-corrected chi connectivity index (χ3v) is 7.37. The zero-order valence-electron chi connectivity index (χ0n) is 29.4. The Bertz CT molecular complexity index is 2190. The van der Waals surface area contributed by atoms with Crippen molar-refractivity contribution in [3.05, 3.63) is 168 Å². The van der Waals surface area contributed by atoms with E-state index in [1.54, 1.807) is 97.1 Å².